The lowest BCUT2D eigenvalue weighted by Crippen LogP contribution is -2.34. The van der Waals surface area contributed by atoms with E-state index in [0.29, 0.717) is 24.6 Å². The molecule has 0 unspecified atom stereocenters. The molecule has 6 heteroatoms. The third-order valence-corrected chi connectivity index (χ3v) is 2.89. The summed E-state index contributed by atoms with van der Waals surface area (Å²) in [6.45, 7) is 1.02. The van der Waals surface area contributed by atoms with Crippen LogP contribution < -0.4 is 20.1 Å². The van der Waals surface area contributed by atoms with Gasteiger partial charge in [0.1, 0.15) is 5.76 Å². The van der Waals surface area contributed by atoms with Crippen molar-refractivity contribution in [2.75, 3.05) is 6.79 Å². The highest BCUT2D eigenvalue weighted by Gasteiger charge is 2.13. The van der Waals surface area contributed by atoms with Gasteiger partial charge < -0.3 is 24.5 Å². The summed E-state index contributed by atoms with van der Waals surface area (Å²) in [6.07, 6.45) is 1.57. The van der Waals surface area contributed by atoms with Crippen LogP contribution in [0.1, 0.15) is 11.3 Å². The quantitative estimate of drug-likeness (QED) is 0.894. The number of fused-ring (bicyclic) bond motifs is 1. The third kappa shape index (κ3) is 2.85. The molecule has 0 saturated carbocycles. The average molecular weight is 274 g/mol. The van der Waals surface area contributed by atoms with Crippen LogP contribution in [0.15, 0.2) is 41.0 Å². The van der Waals surface area contributed by atoms with Gasteiger partial charge in [-0.25, -0.2) is 4.79 Å². The van der Waals surface area contributed by atoms with E-state index in [-0.39, 0.29) is 12.8 Å². The Kier molecular flexibility index (Phi) is 3.45. The van der Waals surface area contributed by atoms with Crippen LogP contribution in [-0.2, 0) is 13.1 Å². The van der Waals surface area contributed by atoms with Crippen molar-refractivity contribution < 1.29 is 18.7 Å². The maximum absolute atomic E-state index is 11.6. The van der Waals surface area contributed by atoms with Crippen LogP contribution in [0.2, 0.25) is 0 Å². The number of furan rings is 1. The van der Waals surface area contributed by atoms with Crippen LogP contribution in [0.25, 0.3) is 0 Å². The highest BCUT2D eigenvalue weighted by molar-refractivity contribution is 5.73. The maximum atomic E-state index is 11.6. The lowest BCUT2D eigenvalue weighted by atomic mass is 10.2. The van der Waals surface area contributed by atoms with Crippen molar-refractivity contribution >= 4 is 6.03 Å². The zero-order chi connectivity index (χ0) is 13.8. The molecular weight excluding hydrogens is 260 g/mol. The number of rotatable bonds is 4. The molecule has 0 saturated heterocycles. The second-order valence-corrected chi connectivity index (χ2v) is 4.30. The van der Waals surface area contributed by atoms with Gasteiger partial charge >= 0.3 is 6.03 Å². The van der Waals surface area contributed by atoms with Gasteiger partial charge in [0.2, 0.25) is 6.79 Å². The lowest BCUT2D eigenvalue weighted by molar-refractivity contribution is 0.174. The van der Waals surface area contributed by atoms with Crippen LogP contribution in [-0.4, -0.2) is 12.8 Å². The first-order chi connectivity index (χ1) is 9.81. The number of benzene rings is 1. The van der Waals surface area contributed by atoms with Crippen LogP contribution in [0, 0.1) is 0 Å². The summed E-state index contributed by atoms with van der Waals surface area (Å²) in [5.74, 6) is 2.15. The molecule has 2 heterocycles. The molecular formula is C14H14N2O4. The van der Waals surface area contributed by atoms with Crippen molar-refractivity contribution in [1.29, 1.82) is 0 Å². The number of hydrogen-bond donors (Lipinski definition) is 2. The van der Waals surface area contributed by atoms with Crippen LogP contribution in [0.3, 0.4) is 0 Å². The second-order valence-electron chi connectivity index (χ2n) is 4.30. The number of hydrogen-bond acceptors (Lipinski definition) is 4. The molecule has 6 nitrogen and oxygen atoms in total. The SMILES string of the molecule is O=C(NCc1ccc2c(c1)OCO2)NCc1ccco1. The standard InChI is InChI=1S/C14H14N2O4/c17-14(16-8-11-2-1-5-18-11)15-7-10-3-4-12-13(6-10)20-9-19-12/h1-6H,7-9H2,(H2,15,16,17). The third-order valence-electron chi connectivity index (χ3n) is 2.89. The summed E-state index contributed by atoms with van der Waals surface area (Å²) in [5, 5.41) is 5.47. The van der Waals surface area contributed by atoms with Crippen molar-refractivity contribution in [2.45, 2.75) is 13.1 Å². The Morgan fingerprint density at radius 2 is 1.95 bits per heavy atom. The van der Waals surface area contributed by atoms with Gasteiger partial charge in [-0.3, -0.25) is 0 Å². The predicted octanol–water partition coefficient (Wildman–Crippen LogP) is 2.01. The molecule has 104 valence electrons. The Hall–Kier alpha value is -2.63. The van der Waals surface area contributed by atoms with Crippen molar-refractivity contribution in [2.24, 2.45) is 0 Å². The minimum absolute atomic E-state index is 0.246. The minimum Gasteiger partial charge on any atom is -0.467 e. The Morgan fingerprint density at radius 3 is 2.80 bits per heavy atom. The molecule has 0 bridgehead atoms. The van der Waals surface area contributed by atoms with Gasteiger partial charge in [-0.05, 0) is 29.8 Å². The van der Waals surface area contributed by atoms with Gasteiger partial charge in [0, 0.05) is 6.54 Å². The molecule has 2 N–H and O–H groups in total. The highest BCUT2D eigenvalue weighted by atomic mass is 16.7. The number of urea groups is 1. The molecule has 0 atom stereocenters. The van der Waals surface area contributed by atoms with Gasteiger partial charge in [0.05, 0.1) is 12.8 Å². The normalized spacial score (nSPS) is 12.2. The monoisotopic (exact) mass is 274 g/mol. The van der Waals surface area contributed by atoms with Gasteiger partial charge in [0.25, 0.3) is 0 Å². The fourth-order valence-corrected chi connectivity index (χ4v) is 1.88. The average Bonchev–Trinajstić information content (AvgIpc) is 3.13. The summed E-state index contributed by atoms with van der Waals surface area (Å²) in [7, 11) is 0. The van der Waals surface area contributed by atoms with Gasteiger partial charge in [-0.1, -0.05) is 6.07 Å². The van der Waals surface area contributed by atoms with E-state index in [4.69, 9.17) is 13.9 Å². The number of carbonyl (C=O) groups excluding carboxylic acids is 1. The Bertz CT molecular complexity index is 595. The molecule has 0 spiro atoms. The molecule has 3 rings (SSSR count). The van der Waals surface area contributed by atoms with E-state index in [2.05, 4.69) is 10.6 Å². The molecule has 1 aliphatic rings. The van der Waals surface area contributed by atoms with E-state index in [1.54, 1.807) is 18.4 Å². The van der Waals surface area contributed by atoms with Gasteiger partial charge in [-0.2, -0.15) is 0 Å². The summed E-state index contributed by atoms with van der Waals surface area (Å²) in [6, 6.07) is 8.91. The second kappa shape index (κ2) is 5.56. The summed E-state index contributed by atoms with van der Waals surface area (Å²) < 4.78 is 15.6. The Balaban J connectivity index is 1.48. The Labute approximate surface area is 115 Å². The predicted molar refractivity (Wildman–Crippen MR) is 70.3 cm³/mol. The van der Waals surface area contributed by atoms with Gasteiger partial charge in [0.15, 0.2) is 11.5 Å². The molecule has 0 radical (unpaired) electrons. The largest absolute Gasteiger partial charge is 0.467 e. The zero-order valence-corrected chi connectivity index (χ0v) is 10.7. The lowest BCUT2D eigenvalue weighted by Gasteiger charge is -2.07. The molecule has 20 heavy (non-hydrogen) atoms. The smallest absolute Gasteiger partial charge is 0.315 e. The van der Waals surface area contributed by atoms with E-state index in [1.807, 2.05) is 18.2 Å². The molecule has 0 fully saturated rings. The first-order valence-electron chi connectivity index (χ1n) is 6.24. The molecule has 2 aromatic rings. The van der Waals surface area contributed by atoms with E-state index in [1.165, 1.54) is 0 Å². The van der Waals surface area contributed by atoms with Crippen molar-refractivity contribution in [3.8, 4) is 11.5 Å². The van der Waals surface area contributed by atoms with E-state index in [0.717, 1.165) is 11.3 Å². The van der Waals surface area contributed by atoms with Crippen LogP contribution in [0.5, 0.6) is 11.5 Å². The Morgan fingerprint density at radius 1 is 1.10 bits per heavy atom. The van der Waals surface area contributed by atoms with Crippen molar-refractivity contribution in [3.63, 3.8) is 0 Å². The first kappa shape index (κ1) is 12.4. The van der Waals surface area contributed by atoms with E-state index >= 15 is 0 Å². The summed E-state index contributed by atoms with van der Waals surface area (Å²) >= 11 is 0. The minimum atomic E-state index is -0.251. The number of ether oxygens (including phenoxy) is 2. The van der Waals surface area contributed by atoms with Crippen molar-refractivity contribution in [1.82, 2.24) is 10.6 Å². The van der Waals surface area contributed by atoms with E-state index < -0.39 is 0 Å². The number of amides is 2. The summed E-state index contributed by atoms with van der Waals surface area (Å²) in [4.78, 5) is 11.6. The first-order valence-corrected chi connectivity index (χ1v) is 6.24. The maximum Gasteiger partial charge on any atom is 0.315 e. The van der Waals surface area contributed by atoms with Gasteiger partial charge in [-0.15, -0.1) is 0 Å². The van der Waals surface area contributed by atoms with E-state index in [9.17, 15) is 4.79 Å². The summed E-state index contributed by atoms with van der Waals surface area (Å²) in [5.41, 5.74) is 0.947. The fourth-order valence-electron chi connectivity index (χ4n) is 1.88. The number of nitrogens with one attached hydrogen (secondary N) is 2. The zero-order valence-electron chi connectivity index (χ0n) is 10.7. The molecule has 1 aliphatic heterocycles. The highest BCUT2D eigenvalue weighted by Crippen LogP contribution is 2.32. The van der Waals surface area contributed by atoms with Crippen LogP contribution >= 0.6 is 0 Å². The number of carbonyl (C=O) groups is 1. The molecule has 0 aliphatic carbocycles. The molecule has 1 aromatic heterocycles. The molecule has 2 amide bonds. The fraction of sp³-hybridized carbons (Fsp3) is 0.214. The molecule has 1 aromatic carbocycles. The van der Waals surface area contributed by atoms with Crippen molar-refractivity contribution in [3.05, 3.63) is 47.9 Å². The topological polar surface area (TPSA) is 72.7 Å². The van der Waals surface area contributed by atoms with Crippen LogP contribution in [0.4, 0.5) is 4.79 Å².